The first kappa shape index (κ1) is 43.2. The van der Waals surface area contributed by atoms with Crippen molar-refractivity contribution in [3.05, 3.63) is 71.5 Å². The van der Waals surface area contributed by atoms with Gasteiger partial charge in [0.2, 0.25) is 5.75 Å². The lowest BCUT2D eigenvalue weighted by Gasteiger charge is -2.52. The SMILES string of the molecule is C=C(C)C(=O)O.C=C(C)C(=O)O.COC(=O)[C@H]1[C@H]2C[C@@H]3c4[nH]c5cc(OC)ccc5c4CCN3C[C@H]2C[C@@H](OC(=O)c2cc(OC)c(OC)c(OC)c2)[C@@H]1OC. The molecule has 1 aliphatic carbocycles. The van der Waals surface area contributed by atoms with Crippen molar-refractivity contribution in [3.63, 3.8) is 0 Å². The van der Waals surface area contributed by atoms with Crippen LogP contribution in [0.3, 0.4) is 0 Å². The van der Waals surface area contributed by atoms with Crippen LogP contribution in [-0.2, 0) is 35.0 Å². The topological polar surface area (TPSA) is 192 Å². The van der Waals surface area contributed by atoms with E-state index >= 15 is 0 Å². The number of hydrogen-bond acceptors (Lipinski definition) is 12. The molecule has 15 nitrogen and oxygen atoms in total. The Morgan fingerprint density at radius 3 is 1.95 bits per heavy atom. The van der Waals surface area contributed by atoms with Crippen molar-refractivity contribution in [1.29, 1.82) is 0 Å². The smallest absolute Gasteiger partial charge is 0.338 e. The fourth-order valence-electron chi connectivity index (χ4n) is 7.76. The molecular formula is C41H52N2O13. The number of H-pyrrole nitrogens is 1. The van der Waals surface area contributed by atoms with Crippen LogP contribution in [0.4, 0.5) is 0 Å². The van der Waals surface area contributed by atoms with Crippen molar-refractivity contribution in [3.8, 4) is 23.0 Å². The molecule has 0 radical (unpaired) electrons. The number of carbonyl (C=O) groups excluding carboxylic acids is 2. The summed E-state index contributed by atoms with van der Waals surface area (Å²) in [5, 5.41) is 17.0. The highest BCUT2D eigenvalue weighted by molar-refractivity contribution is 5.91. The lowest BCUT2D eigenvalue weighted by Crippen LogP contribution is -2.58. The number of piperidine rings is 1. The highest BCUT2D eigenvalue weighted by atomic mass is 16.6. The number of esters is 2. The number of methoxy groups -OCH3 is 6. The number of hydrogen-bond donors (Lipinski definition) is 3. The molecule has 304 valence electrons. The number of carboxylic acid groups (broad SMARTS) is 2. The predicted octanol–water partition coefficient (Wildman–Crippen LogP) is 5.47. The first-order chi connectivity index (χ1) is 26.6. The molecular weight excluding hydrogens is 728 g/mol. The number of aromatic nitrogens is 1. The molecule has 3 heterocycles. The average molecular weight is 781 g/mol. The van der Waals surface area contributed by atoms with Crippen LogP contribution in [0.15, 0.2) is 54.6 Å². The molecule has 3 aliphatic rings. The second-order valence-corrected chi connectivity index (χ2v) is 13.9. The van der Waals surface area contributed by atoms with Gasteiger partial charge in [-0.1, -0.05) is 13.2 Å². The number of carboxylic acids is 2. The maximum Gasteiger partial charge on any atom is 0.338 e. The maximum atomic E-state index is 13.5. The Balaban J connectivity index is 0.000000505. The van der Waals surface area contributed by atoms with Gasteiger partial charge in [-0.2, -0.15) is 0 Å². The Hall–Kier alpha value is -5.54. The van der Waals surface area contributed by atoms with E-state index < -0.39 is 36.0 Å². The van der Waals surface area contributed by atoms with Gasteiger partial charge < -0.3 is 48.4 Å². The number of fused-ring (bicyclic) bond motifs is 6. The Morgan fingerprint density at radius 1 is 0.839 bits per heavy atom. The van der Waals surface area contributed by atoms with Gasteiger partial charge in [0.25, 0.3) is 0 Å². The van der Waals surface area contributed by atoms with Crippen LogP contribution < -0.4 is 18.9 Å². The minimum atomic E-state index is -0.935. The Labute approximate surface area is 326 Å². The van der Waals surface area contributed by atoms with Crippen LogP contribution in [0.5, 0.6) is 23.0 Å². The highest BCUT2D eigenvalue weighted by Gasteiger charge is 2.54. The lowest BCUT2D eigenvalue weighted by molar-refractivity contribution is -0.176. The van der Waals surface area contributed by atoms with Gasteiger partial charge in [-0.15, -0.1) is 0 Å². The molecule has 0 bridgehead atoms. The number of ether oxygens (including phenoxy) is 7. The number of carbonyl (C=O) groups is 4. The van der Waals surface area contributed by atoms with Gasteiger partial charge in [0, 0.05) is 54.0 Å². The van der Waals surface area contributed by atoms with Gasteiger partial charge in [-0.05, 0) is 74.8 Å². The van der Waals surface area contributed by atoms with E-state index in [1.54, 1.807) is 26.4 Å². The summed E-state index contributed by atoms with van der Waals surface area (Å²) < 4.78 is 39.1. The molecule has 15 heteroatoms. The largest absolute Gasteiger partial charge is 0.497 e. The third-order valence-corrected chi connectivity index (χ3v) is 10.5. The summed E-state index contributed by atoms with van der Waals surface area (Å²) in [4.78, 5) is 52.3. The van der Waals surface area contributed by atoms with E-state index in [9.17, 15) is 19.2 Å². The van der Waals surface area contributed by atoms with Crippen LogP contribution in [0.2, 0.25) is 0 Å². The zero-order chi connectivity index (χ0) is 41.4. The minimum Gasteiger partial charge on any atom is -0.497 e. The summed E-state index contributed by atoms with van der Waals surface area (Å²) in [6, 6.07) is 9.40. The average Bonchev–Trinajstić information content (AvgIpc) is 3.57. The van der Waals surface area contributed by atoms with Gasteiger partial charge in [0.15, 0.2) is 11.5 Å². The number of aliphatic carboxylic acids is 2. The normalized spacial score (nSPS) is 22.1. The first-order valence-electron chi connectivity index (χ1n) is 18.0. The third-order valence-electron chi connectivity index (χ3n) is 10.5. The van der Waals surface area contributed by atoms with Gasteiger partial charge in [0.05, 0.1) is 53.1 Å². The summed E-state index contributed by atoms with van der Waals surface area (Å²) in [7, 11) is 9.10. The maximum absolute atomic E-state index is 13.5. The summed E-state index contributed by atoms with van der Waals surface area (Å²) in [5.74, 6) is -1.43. The number of benzene rings is 2. The Morgan fingerprint density at radius 2 is 1.45 bits per heavy atom. The molecule has 2 aliphatic heterocycles. The van der Waals surface area contributed by atoms with Crippen molar-refractivity contribution in [2.75, 3.05) is 55.7 Å². The molecule has 56 heavy (non-hydrogen) atoms. The van der Waals surface area contributed by atoms with Crippen LogP contribution in [-0.4, -0.2) is 112 Å². The van der Waals surface area contributed by atoms with Crippen molar-refractivity contribution < 1.29 is 62.5 Å². The van der Waals surface area contributed by atoms with E-state index in [0.717, 1.165) is 37.2 Å². The fraction of sp³-hybridized carbons (Fsp3) is 0.463. The van der Waals surface area contributed by atoms with Gasteiger partial charge in [-0.3, -0.25) is 9.69 Å². The highest BCUT2D eigenvalue weighted by Crippen LogP contribution is 2.51. The molecule has 2 aromatic carbocycles. The number of nitrogens with one attached hydrogen (secondary N) is 1. The van der Waals surface area contributed by atoms with Crippen molar-refractivity contribution >= 4 is 34.8 Å². The molecule has 1 aromatic heterocycles. The molecule has 0 unspecified atom stereocenters. The molecule has 0 amide bonds. The van der Waals surface area contributed by atoms with Crippen LogP contribution in [0, 0.1) is 17.8 Å². The first-order valence-corrected chi connectivity index (χ1v) is 18.0. The molecule has 6 atom stereocenters. The van der Waals surface area contributed by atoms with Crippen molar-refractivity contribution in [2.24, 2.45) is 17.8 Å². The third kappa shape index (κ3) is 9.28. The predicted molar refractivity (Wildman–Crippen MR) is 206 cm³/mol. The summed E-state index contributed by atoms with van der Waals surface area (Å²) in [6.07, 6.45) is 0.920. The number of rotatable bonds is 10. The number of aromatic amines is 1. The molecule has 0 spiro atoms. The minimum absolute atomic E-state index is 0.0170. The van der Waals surface area contributed by atoms with E-state index in [1.807, 2.05) is 12.1 Å². The zero-order valence-electron chi connectivity index (χ0n) is 33.1. The van der Waals surface area contributed by atoms with Crippen LogP contribution >= 0.6 is 0 Å². The molecule has 3 N–H and O–H groups in total. The van der Waals surface area contributed by atoms with Crippen molar-refractivity contribution in [2.45, 2.75) is 51.4 Å². The van der Waals surface area contributed by atoms with E-state index in [0.29, 0.717) is 23.7 Å². The van der Waals surface area contributed by atoms with E-state index in [-0.39, 0.29) is 40.6 Å². The molecule has 1 saturated heterocycles. The summed E-state index contributed by atoms with van der Waals surface area (Å²) in [5.41, 5.74) is 4.18. The van der Waals surface area contributed by atoms with Gasteiger partial charge >= 0.3 is 23.9 Å². The van der Waals surface area contributed by atoms with E-state index in [1.165, 1.54) is 58.9 Å². The molecule has 1 saturated carbocycles. The molecule has 2 fully saturated rings. The van der Waals surface area contributed by atoms with Gasteiger partial charge in [0.1, 0.15) is 18.0 Å². The summed E-state index contributed by atoms with van der Waals surface area (Å²) >= 11 is 0. The molecule has 6 rings (SSSR count). The van der Waals surface area contributed by atoms with Gasteiger partial charge in [-0.25, -0.2) is 14.4 Å². The second-order valence-electron chi connectivity index (χ2n) is 13.9. The summed E-state index contributed by atoms with van der Waals surface area (Å²) in [6.45, 7) is 10.9. The Kier molecular flexibility index (Phi) is 14.6. The van der Waals surface area contributed by atoms with Crippen molar-refractivity contribution in [1.82, 2.24) is 9.88 Å². The second kappa shape index (κ2) is 18.9. The van der Waals surface area contributed by atoms with E-state index in [4.69, 9.17) is 43.4 Å². The number of nitrogens with zero attached hydrogens (tertiary/aromatic N) is 1. The zero-order valence-corrected chi connectivity index (χ0v) is 33.1. The fourth-order valence-corrected chi connectivity index (χ4v) is 7.76. The lowest BCUT2D eigenvalue weighted by atomic mass is 9.63. The Bertz CT molecular complexity index is 1880. The molecule has 3 aromatic rings. The van der Waals surface area contributed by atoms with E-state index in [2.05, 4.69) is 29.1 Å². The van der Waals surface area contributed by atoms with Crippen LogP contribution in [0.1, 0.15) is 54.3 Å². The standard InChI is InChI=1S/C33H40N2O9.2C4H6O2/c1-38-19-7-8-20-21-9-10-35-16-18-13-27(44-32(36)17-11-25(39-2)30(41-4)26(12-17)40-3)31(42-5)28(33(37)43-6)22(18)15-24(35)29(21)34-23(20)14-19;2*1-3(2)4(5)6/h7-8,11-12,14,18,22,24,27-28,31,34H,9-10,13,15-16H2,1-6H3;2*1H2,2H3,(H,5,6)/t18-,22+,24-,27-,28+,31+;;/m1../s1. The monoisotopic (exact) mass is 780 g/mol. The van der Waals surface area contributed by atoms with Crippen LogP contribution in [0.25, 0.3) is 10.9 Å². The quantitative estimate of drug-likeness (QED) is 0.173.